The Balaban J connectivity index is 1.60. The Hall–Kier alpha value is -3.07. The van der Waals surface area contributed by atoms with Crippen molar-refractivity contribution in [2.24, 2.45) is 0 Å². The van der Waals surface area contributed by atoms with Crippen LogP contribution in [0.3, 0.4) is 0 Å². The molecule has 162 valence electrons. The highest BCUT2D eigenvalue weighted by Crippen LogP contribution is 2.28. The Morgan fingerprint density at radius 3 is 2.67 bits per heavy atom. The van der Waals surface area contributed by atoms with Crippen molar-refractivity contribution < 1.29 is 28.6 Å². The van der Waals surface area contributed by atoms with Gasteiger partial charge in [0.05, 0.1) is 18.7 Å². The van der Waals surface area contributed by atoms with E-state index in [1.54, 1.807) is 7.11 Å². The van der Waals surface area contributed by atoms with E-state index < -0.39 is 12.1 Å². The minimum Gasteiger partial charge on any atom is -0.476 e. The summed E-state index contributed by atoms with van der Waals surface area (Å²) in [6.07, 6.45) is -0.266. The summed E-state index contributed by atoms with van der Waals surface area (Å²) in [6.45, 7) is 4.82. The number of carbonyl (C=O) groups excluding carboxylic acids is 1. The zero-order chi connectivity index (χ0) is 21.7. The number of aromatic carboxylic acids is 1. The van der Waals surface area contributed by atoms with Crippen LogP contribution in [-0.2, 0) is 16.1 Å². The smallest absolute Gasteiger partial charge is 0.407 e. The van der Waals surface area contributed by atoms with Crippen LogP contribution in [0.2, 0.25) is 0 Å². The van der Waals surface area contributed by atoms with Gasteiger partial charge in [-0.25, -0.2) is 9.59 Å². The number of methoxy groups -OCH3 is 1. The predicted molar refractivity (Wildman–Crippen MR) is 109 cm³/mol. The Bertz CT molecular complexity index is 867. The van der Waals surface area contributed by atoms with Crippen molar-refractivity contribution in [2.45, 2.75) is 44.9 Å². The molecule has 0 aliphatic carbocycles. The molecule has 3 rings (SSSR count). The fraction of sp³-hybridized carbons (Fsp3) is 0.476. The molecule has 1 aliphatic heterocycles. The molecule has 1 fully saturated rings. The quantitative estimate of drug-likeness (QED) is 0.707. The molecule has 9 nitrogen and oxygen atoms in total. The highest BCUT2D eigenvalue weighted by atomic mass is 16.5. The molecule has 2 N–H and O–H groups in total. The van der Waals surface area contributed by atoms with Gasteiger partial charge in [-0.05, 0) is 12.0 Å². The summed E-state index contributed by atoms with van der Waals surface area (Å²) in [5.74, 6) is -0.875. The number of nitrogens with one attached hydrogen (secondary N) is 1. The first-order valence-electron chi connectivity index (χ1n) is 9.88. The van der Waals surface area contributed by atoms with E-state index in [2.05, 4.69) is 10.3 Å². The molecule has 1 aromatic carbocycles. The Morgan fingerprint density at radius 2 is 2.07 bits per heavy atom. The lowest BCUT2D eigenvalue weighted by atomic mass is 10.0. The van der Waals surface area contributed by atoms with E-state index in [4.69, 9.17) is 13.9 Å². The van der Waals surface area contributed by atoms with Crippen LogP contribution in [0, 0.1) is 0 Å². The van der Waals surface area contributed by atoms with Gasteiger partial charge < -0.3 is 29.2 Å². The number of alkyl carbamates (subject to hydrolysis) is 1. The first-order valence-corrected chi connectivity index (χ1v) is 9.88. The Kier molecular flexibility index (Phi) is 6.94. The van der Waals surface area contributed by atoms with Crippen molar-refractivity contribution in [2.75, 3.05) is 25.1 Å². The average Bonchev–Trinajstić information content (AvgIpc) is 3.19. The van der Waals surface area contributed by atoms with Gasteiger partial charge in [-0.3, -0.25) is 0 Å². The van der Waals surface area contributed by atoms with Gasteiger partial charge in [0, 0.05) is 19.6 Å². The molecule has 2 unspecified atom stereocenters. The maximum atomic E-state index is 12.2. The van der Waals surface area contributed by atoms with Crippen LogP contribution in [-0.4, -0.2) is 54.5 Å². The first kappa shape index (κ1) is 21.6. The van der Waals surface area contributed by atoms with Crippen LogP contribution in [0.1, 0.15) is 48.0 Å². The number of anilines is 1. The van der Waals surface area contributed by atoms with E-state index in [9.17, 15) is 14.7 Å². The van der Waals surface area contributed by atoms with Gasteiger partial charge in [0.15, 0.2) is 5.69 Å². The standard InChI is InChI=1S/C21H27N3O6/c1-13(2)18-17(19(25)26)23-20(30-18)24-10-9-15(16(11-24)28-3)22-21(27)29-12-14-7-5-4-6-8-14/h4-8,13,15-16H,9-12H2,1-3H3,(H,22,27)(H,25,26). The number of ether oxygens (including phenoxy) is 2. The summed E-state index contributed by atoms with van der Waals surface area (Å²) < 4.78 is 16.6. The lowest BCUT2D eigenvalue weighted by Gasteiger charge is -2.37. The number of hydrogen-bond donors (Lipinski definition) is 2. The molecule has 9 heteroatoms. The molecule has 1 saturated heterocycles. The summed E-state index contributed by atoms with van der Waals surface area (Å²) in [5, 5.41) is 12.2. The second-order valence-electron chi connectivity index (χ2n) is 7.49. The van der Waals surface area contributed by atoms with Crippen molar-refractivity contribution in [1.82, 2.24) is 10.3 Å². The lowest BCUT2D eigenvalue weighted by molar-refractivity contribution is 0.0535. The van der Waals surface area contributed by atoms with Crippen LogP contribution in [0.4, 0.5) is 10.8 Å². The Morgan fingerprint density at radius 1 is 1.33 bits per heavy atom. The molecule has 2 heterocycles. The van der Waals surface area contributed by atoms with Crippen LogP contribution < -0.4 is 10.2 Å². The predicted octanol–water partition coefficient (Wildman–Crippen LogP) is 3.02. The number of carboxylic acid groups (broad SMARTS) is 1. The van der Waals surface area contributed by atoms with Crippen molar-refractivity contribution in [3.05, 3.63) is 47.3 Å². The van der Waals surface area contributed by atoms with Gasteiger partial charge in [-0.15, -0.1) is 0 Å². The maximum absolute atomic E-state index is 12.2. The summed E-state index contributed by atoms with van der Waals surface area (Å²) in [6, 6.07) is 9.45. The van der Waals surface area contributed by atoms with Gasteiger partial charge in [0.2, 0.25) is 0 Å². The van der Waals surface area contributed by atoms with Gasteiger partial charge in [0.25, 0.3) is 6.01 Å². The van der Waals surface area contributed by atoms with Gasteiger partial charge in [-0.2, -0.15) is 4.98 Å². The molecular weight excluding hydrogens is 390 g/mol. The number of carbonyl (C=O) groups is 2. The van der Waals surface area contributed by atoms with E-state index in [0.717, 1.165) is 5.56 Å². The monoisotopic (exact) mass is 417 g/mol. The van der Waals surface area contributed by atoms with Crippen LogP contribution in [0.5, 0.6) is 0 Å². The van der Waals surface area contributed by atoms with Crippen molar-refractivity contribution in [3.8, 4) is 0 Å². The van der Waals surface area contributed by atoms with E-state index in [-0.39, 0.29) is 36.4 Å². The summed E-state index contributed by atoms with van der Waals surface area (Å²) in [4.78, 5) is 29.6. The molecule has 0 bridgehead atoms. The number of piperidine rings is 1. The van der Waals surface area contributed by atoms with Gasteiger partial charge in [0.1, 0.15) is 12.4 Å². The van der Waals surface area contributed by atoms with E-state index in [1.807, 2.05) is 49.1 Å². The molecule has 0 radical (unpaired) electrons. The summed E-state index contributed by atoms with van der Waals surface area (Å²) in [5.41, 5.74) is 0.837. The number of aromatic nitrogens is 1. The third-order valence-corrected chi connectivity index (χ3v) is 5.02. The second kappa shape index (κ2) is 9.62. The van der Waals surface area contributed by atoms with Crippen LogP contribution in [0.25, 0.3) is 0 Å². The van der Waals surface area contributed by atoms with Crippen molar-refractivity contribution >= 4 is 18.1 Å². The van der Waals surface area contributed by atoms with Gasteiger partial charge in [-0.1, -0.05) is 44.2 Å². The number of hydrogen-bond acceptors (Lipinski definition) is 7. The fourth-order valence-electron chi connectivity index (χ4n) is 3.41. The normalized spacial score (nSPS) is 19.0. The number of nitrogens with zero attached hydrogens (tertiary/aromatic N) is 2. The van der Waals surface area contributed by atoms with Crippen molar-refractivity contribution in [3.63, 3.8) is 0 Å². The Labute approximate surface area is 175 Å². The molecule has 1 aliphatic rings. The number of carboxylic acids is 1. The second-order valence-corrected chi connectivity index (χ2v) is 7.49. The third kappa shape index (κ3) is 5.10. The molecule has 0 saturated carbocycles. The zero-order valence-electron chi connectivity index (χ0n) is 17.3. The number of benzene rings is 1. The highest BCUT2D eigenvalue weighted by molar-refractivity contribution is 5.87. The number of oxazole rings is 1. The maximum Gasteiger partial charge on any atom is 0.407 e. The van der Waals surface area contributed by atoms with Crippen LogP contribution >= 0.6 is 0 Å². The first-order chi connectivity index (χ1) is 14.4. The van der Waals surface area contributed by atoms with Gasteiger partial charge >= 0.3 is 12.1 Å². The summed E-state index contributed by atoms with van der Waals surface area (Å²) in [7, 11) is 1.57. The van der Waals surface area contributed by atoms with E-state index >= 15 is 0 Å². The molecular formula is C21H27N3O6. The molecule has 1 aromatic heterocycles. The zero-order valence-corrected chi connectivity index (χ0v) is 17.3. The third-order valence-electron chi connectivity index (χ3n) is 5.02. The highest BCUT2D eigenvalue weighted by Gasteiger charge is 2.34. The molecule has 30 heavy (non-hydrogen) atoms. The molecule has 2 aromatic rings. The van der Waals surface area contributed by atoms with E-state index in [1.165, 1.54) is 0 Å². The van der Waals surface area contributed by atoms with E-state index in [0.29, 0.717) is 25.3 Å². The number of rotatable bonds is 7. The largest absolute Gasteiger partial charge is 0.476 e. The summed E-state index contributed by atoms with van der Waals surface area (Å²) >= 11 is 0. The molecule has 1 amide bonds. The SMILES string of the molecule is COC1CN(c2nc(C(=O)O)c(C(C)C)o2)CCC1NC(=O)OCc1ccccc1. The minimum absolute atomic E-state index is 0.0706. The topological polar surface area (TPSA) is 114 Å². The average molecular weight is 417 g/mol. The lowest BCUT2D eigenvalue weighted by Crippen LogP contribution is -2.55. The number of amides is 1. The fourth-order valence-corrected chi connectivity index (χ4v) is 3.41. The van der Waals surface area contributed by atoms with Crippen LogP contribution in [0.15, 0.2) is 34.7 Å². The molecule has 2 atom stereocenters. The molecule has 0 spiro atoms. The minimum atomic E-state index is -1.12. The van der Waals surface area contributed by atoms with Crippen molar-refractivity contribution in [1.29, 1.82) is 0 Å².